The van der Waals surface area contributed by atoms with Crippen molar-refractivity contribution >= 4 is 11.6 Å². The number of nitrogens with one attached hydrogen (secondary N) is 1. The number of hydrogen-bond acceptors (Lipinski definition) is 4. The number of aromatic nitrogens is 3. The molecule has 0 fully saturated rings. The first-order chi connectivity index (χ1) is 11.6. The van der Waals surface area contributed by atoms with E-state index in [-0.39, 0.29) is 17.8 Å². The van der Waals surface area contributed by atoms with Gasteiger partial charge in [0.15, 0.2) is 5.65 Å². The first-order valence-electron chi connectivity index (χ1n) is 7.28. The second-order valence-corrected chi connectivity index (χ2v) is 4.95. The average Bonchev–Trinajstić information content (AvgIpc) is 2.99. The summed E-state index contributed by atoms with van der Waals surface area (Å²) < 4.78 is 33.4. The SMILES string of the molecule is CCOc1ccc2nc(C(=O)NCc3cc(F)ccc3F)cn2n1. The number of nitrogens with zero attached hydrogens (tertiary/aromatic N) is 3. The Kier molecular flexibility index (Phi) is 4.37. The molecule has 3 rings (SSSR count). The minimum absolute atomic E-state index is 0.0591. The van der Waals surface area contributed by atoms with Gasteiger partial charge in [0.05, 0.1) is 12.8 Å². The summed E-state index contributed by atoms with van der Waals surface area (Å²) in [7, 11) is 0. The summed E-state index contributed by atoms with van der Waals surface area (Å²) in [6.45, 7) is 2.16. The molecule has 8 heteroatoms. The highest BCUT2D eigenvalue weighted by atomic mass is 19.1. The minimum Gasteiger partial charge on any atom is -0.477 e. The standard InChI is InChI=1S/C16H14F2N4O2/c1-2-24-15-6-5-14-20-13(9-22(14)21-15)16(23)19-8-10-7-11(17)3-4-12(10)18/h3-7,9H,2,8H2,1H3,(H,19,23). The Bertz CT molecular complexity index is 895. The minimum atomic E-state index is -0.588. The monoisotopic (exact) mass is 332 g/mol. The Morgan fingerprint density at radius 3 is 2.92 bits per heavy atom. The quantitative estimate of drug-likeness (QED) is 0.779. The first-order valence-corrected chi connectivity index (χ1v) is 7.28. The van der Waals surface area contributed by atoms with Crippen LogP contribution in [0.25, 0.3) is 5.65 Å². The molecule has 0 aliphatic carbocycles. The second kappa shape index (κ2) is 6.61. The molecule has 3 aromatic rings. The zero-order valence-electron chi connectivity index (χ0n) is 12.8. The summed E-state index contributed by atoms with van der Waals surface area (Å²) in [5, 5.41) is 6.66. The molecule has 0 bridgehead atoms. The number of carbonyl (C=O) groups excluding carboxylic acids is 1. The van der Waals surface area contributed by atoms with E-state index >= 15 is 0 Å². The molecule has 0 unspecified atom stereocenters. The average molecular weight is 332 g/mol. The Morgan fingerprint density at radius 2 is 2.12 bits per heavy atom. The fourth-order valence-electron chi connectivity index (χ4n) is 2.14. The Hall–Kier alpha value is -3.03. The molecule has 0 saturated carbocycles. The van der Waals surface area contributed by atoms with Gasteiger partial charge in [-0.2, -0.15) is 0 Å². The highest BCUT2D eigenvalue weighted by Crippen LogP contribution is 2.11. The van der Waals surface area contributed by atoms with Gasteiger partial charge in [-0.05, 0) is 31.2 Å². The van der Waals surface area contributed by atoms with Crippen LogP contribution in [0.15, 0.2) is 36.5 Å². The largest absolute Gasteiger partial charge is 0.477 e. The van der Waals surface area contributed by atoms with Crippen molar-refractivity contribution in [3.8, 4) is 5.88 Å². The normalized spacial score (nSPS) is 10.8. The van der Waals surface area contributed by atoms with Crippen LogP contribution in [0, 0.1) is 11.6 Å². The molecule has 6 nitrogen and oxygen atoms in total. The van der Waals surface area contributed by atoms with Crippen molar-refractivity contribution in [2.45, 2.75) is 13.5 Å². The number of fused-ring (bicyclic) bond motifs is 1. The summed E-state index contributed by atoms with van der Waals surface area (Å²) >= 11 is 0. The molecule has 0 aliphatic rings. The molecule has 2 heterocycles. The smallest absolute Gasteiger partial charge is 0.271 e. The maximum absolute atomic E-state index is 13.5. The molecular weight excluding hydrogens is 318 g/mol. The van der Waals surface area contributed by atoms with Gasteiger partial charge in [-0.15, -0.1) is 5.10 Å². The first kappa shape index (κ1) is 15.9. The fourth-order valence-corrected chi connectivity index (χ4v) is 2.14. The number of halogens is 2. The van der Waals surface area contributed by atoms with Gasteiger partial charge < -0.3 is 10.1 Å². The molecule has 0 atom stereocenters. The van der Waals surface area contributed by atoms with E-state index in [1.807, 2.05) is 6.92 Å². The van der Waals surface area contributed by atoms with Gasteiger partial charge in [0.1, 0.15) is 17.3 Å². The van der Waals surface area contributed by atoms with Gasteiger partial charge in [-0.1, -0.05) is 0 Å². The van der Waals surface area contributed by atoms with Crippen molar-refractivity contribution in [2.24, 2.45) is 0 Å². The number of amides is 1. The highest BCUT2D eigenvalue weighted by Gasteiger charge is 2.13. The maximum atomic E-state index is 13.5. The molecular formula is C16H14F2N4O2. The molecule has 124 valence electrons. The van der Waals surface area contributed by atoms with E-state index in [4.69, 9.17) is 4.74 Å². The van der Waals surface area contributed by atoms with E-state index in [0.29, 0.717) is 18.1 Å². The number of hydrogen-bond donors (Lipinski definition) is 1. The Labute approximate surface area is 136 Å². The molecule has 0 radical (unpaired) electrons. The fraction of sp³-hybridized carbons (Fsp3) is 0.188. The van der Waals surface area contributed by atoms with Crippen molar-refractivity contribution in [3.05, 3.63) is 59.4 Å². The lowest BCUT2D eigenvalue weighted by Crippen LogP contribution is -2.23. The van der Waals surface area contributed by atoms with E-state index in [0.717, 1.165) is 18.2 Å². The van der Waals surface area contributed by atoms with Crippen LogP contribution in [0.1, 0.15) is 23.0 Å². The van der Waals surface area contributed by atoms with Gasteiger partial charge in [-0.25, -0.2) is 18.3 Å². The van der Waals surface area contributed by atoms with Crippen molar-refractivity contribution in [1.29, 1.82) is 0 Å². The summed E-state index contributed by atoms with van der Waals surface area (Å²) in [5.41, 5.74) is 0.650. The lowest BCUT2D eigenvalue weighted by atomic mass is 10.2. The number of carbonyl (C=O) groups is 1. The third-order valence-corrected chi connectivity index (χ3v) is 3.27. The van der Waals surface area contributed by atoms with Crippen LogP contribution < -0.4 is 10.1 Å². The van der Waals surface area contributed by atoms with E-state index in [9.17, 15) is 13.6 Å². The molecule has 0 saturated heterocycles. The Balaban J connectivity index is 1.75. The van der Waals surface area contributed by atoms with Crippen LogP contribution in [0.4, 0.5) is 8.78 Å². The van der Waals surface area contributed by atoms with Gasteiger partial charge in [0.2, 0.25) is 5.88 Å². The number of imidazole rings is 1. The molecule has 0 aliphatic heterocycles. The van der Waals surface area contributed by atoms with Gasteiger partial charge >= 0.3 is 0 Å². The van der Waals surface area contributed by atoms with Crippen molar-refractivity contribution < 1.29 is 18.3 Å². The highest BCUT2D eigenvalue weighted by molar-refractivity contribution is 5.92. The van der Waals surface area contributed by atoms with Crippen LogP contribution in [0.3, 0.4) is 0 Å². The lowest BCUT2D eigenvalue weighted by Gasteiger charge is -2.04. The van der Waals surface area contributed by atoms with E-state index in [1.165, 1.54) is 10.7 Å². The van der Waals surface area contributed by atoms with E-state index < -0.39 is 17.5 Å². The predicted octanol–water partition coefficient (Wildman–Crippen LogP) is 2.34. The molecule has 24 heavy (non-hydrogen) atoms. The second-order valence-electron chi connectivity index (χ2n) is 4.95. The molecule has 0 spiro atoms. The molecule has 1 N–H and O–H groups in total. The van der Waals surface area contributed by atoms with E-state index in [2.05, 4.69) is 15.4 Å². The predicted molar refractivity (Wildman–Crippen MR) is 81.7 cm³/mol. The number of ether oxygens (including phenoxy) is 1. The number of benzene rings is 1. The van der Waals surface area contributed by atoms with Gasteiger partial charge in [0, 0.05) is 18.2 Å². The third kappa shape index (κ3) is 3.32. The maximum Gasteiger partial charge on any atom is 0.271 e. The Morgan fingerprint density at radius 1 is 1.29 bits per heavy atom. The third-order valence-electron chi connectivity index (χ3n) is 3.27. The zero-order valence-corrected chi connectivity index (χ0v) is 12.8. The van der Waals surface area contributed by atoms with E-state index in [1.54, 1.807) is 12.1 Å². The summed E-state index contributed by atoms with van der Waals surface area (Å²) in [5.74, 6) is -1.26. The van der Waals surface area contributed by atoms with Crippen LogP contribution in [-0.4, -0.2) is 27.1 Å². The van der Waals surface area contributed by atoms with Crippen molar-refractivity contribution in [1.82, 2.24) is 19.9 Å². The summed E-state index contributed by atoms with van der Waals surface area (Å²) in [6, 6.07) is 6.39. The van der Waals surface area contributed by atoms with Gasteiger partial charge in [-0.3, -0.25) is 4.79 Å². The van der Waals surface area contributed by atoms with Crippen LogP contribution in [0.5, 0.6) is 5.88 Å². The van der Waals surface area contributed by atoms with Crippen LogP contribution in [0.2, 0.25) is 0 Å². The van der Waals surface area contributed by atoms with Crippen molar-refractivity contribution in [2.75, 3.05) is 6.61 Å². The zero-order chi connectivity index (χ0) is 17.1. The van der Waals surface area contributed by atoms with Crippen molar-refractivity contribution in [3.63, 3.8) is 0 Å². The topological polar surface area (TPSA) is 68.5 Å². The number of rotatable bonds is 5. The molecule has 1 aromatic carbocycles. The molecule has 1 amide bonds. The lowest BCUT2D eigenvalue weighted by molar-refractivity contribution is 0.0946. The van der Waals surface area contributed by atoms with Crippen LogP contribution in [-0.2, 0) is 6.54 Å². The summed E-state index contributed by atoms with van der Waals surface area (Å²) in [4.78, 5) is 16.3. The van der Waals surface area contributed by atoms with Gasteiger partial charge in [0.25, 0.3) is 5.91 Å². The molecule has 2 aromatic heterocycles. The summed E-state index contributed by atoms with van der Waals surface area (Å²) in [6.07, 6.45) is 1.44. The van der Waals surface area contributed by atoms with Crippen LogP contribution >= 0.6 is 0 Å².